The summed E-state index contributed by atoms with van der Waals surface area (Å²) >= 11 is 8.35. The van der Waals surface area contributed by atoms with Crippen molar-refractivity contribution in [1.29, 1.82) is 0 Å². The highest BCUT2D eigenvalue weighted by molar-refractivity contribution is 7.19. The lowest BCUT2D eigenvalue weighted by molar-refractivity contribution is 0.700. The Hall–Kier alpha value is -2.77. The zero-order valence-electron chi connectivity index (χ0n) is 15.9. The molecule has 1 aliphatic rings. The van der Waals surface area contributed by atoms with Crippen LogP contribution in [0.25, 0.3) is 15.9 Å². The molecule has 0 atom stereocenters. The Morgan fingerprint density at radius 1 is 1.17 bits per heavy atom. The number of hydrogen-bond donors (Lipinski definition) is 1. The average molecular weight is 423 g/mol. The Labute approximate surface area is 177 Å². The van der Waals surface area contributed by atoms with Gasteiger partial charge in [0, 0.05) is 4.88 Å². The minimum Gasteiger partial charge on any atom is -0.261 e. The number of thiophene rings is 1. The lowest BCUT2D eigenvalue weighted by Gasteiger charge is -2.11. The number of nitrogens with one attached hydrogen (secondary N) is 1. The number of nitrogens with zero attached hydrogens (tertiary/aromatic N) is 5. The third-order valence-electron chi connectivity index (χ3n) is 5.16. The fourth-order valence-corrected chi connectivity index (χ4v) is 5.28. The quantitative estimate of drug-likeness (QED) is 0.364. The molecule has 0 unspecified atom stereocenters. The van der Waals surface area contributed by atoms with Crippen LogP contribution in [0.3, 0.4) is 0 Å². The van der Waals surface area contributed by atoms with Gasteiger partial charge >= 0.3 is 0 Å². The zero-order chi connectivity index (χ0) is 19.8. The summed E-state index contributed by atoms with van der Waals surface area (Å²) in [5.41, 5.74) is 6.98. The van der Waals surface area contributed by atoms with Gasteiger partial charge in [-0.3, -0.25) is 5.43 Å². The second-order valence-corrected chi connectivity index (χ2v) is 8.46. The SMILES string of the molecule is Cc1nn(-c2ccccc2)c(Cl)c1/C=N/Nc1ncnc2sc3c(c12)CCCC3. The van der Waals surface area contributed by atoms with Gasteiger partial charge in [-0.05, 0) is 50.3 Å². The van der Waals surface area contributed by atoms with Gasteiger partial charge in [0.1, 0.15) is 16.3 Å². The summed E-state index contributed by atoms with van der Waals surface area (Å²) in [5.74, 6) is 0.745. The summed E-state index contributed by atoms with van der Waals surface area (Å²) in [6, 6.07) is 9.81. The summed E-state index contributed by atoms with van der Waals surface area (Å²) in [7, 11) is 0. The number of para-hydroxylation sites is 1. The van der Waals surface area contributed by atoms with E-state index in [1.807, 2.05) is 37.3 Å². The summed E-state index contributed by atoms with van der Waals surface area (Å²) < 4.78 is 1.72. The van der Waals surface area contributed by atoms with Crippen LogP contribution in [0.5, 0.6) is 0 Å². The second-order valence-electron chi connectivity index (χ2n) is 7.02. The monoisotopic (exact) mass is 422 g/mol. The lowest BCUT2D eigenvalue weighted by Crippen LogP contribution is -2.01. The van der Waals surface area contributed by atoms with Crippen molar-refractivity contribution in [3.8, 4) is 5.69 Å². The standard InChI is InChI=1S/C21H19ClN6S/c1-13-16(19(22)28(27-13)14-7-3-2-4-8-14)11-25-26-20-18-15-9-5-6-10-17(15)29-21(18)24-12-23-20/h2-4,7-8,11-12H,5-6,9-10H2,1H3,(H,23,24,26)/b25-11+. The molecule has 0 spiro atoms. The number of halogens is 1. The second kappa shape index (κ2) is 7.57. The van der Waals surface area contributed by atoms with Crippen LogP contribution in [0, 0.1) is 6.92 Å². The molecule has 29 heavy (non-hydrogen) atoms. The van der Waals surface area contributed by atoms with E-state index in [2.05, 4.69) is 25.6 Å². The number of hydrogen-bond acceptors (Lipinski definition) is 6. The first-order chi connectivity index (χ1) is 14.2. The Bertz CT molecular complexity index is 1210. The fourth-order valence-electron chi connectivity index (χ4n) is 3.73. The third kappa shape index (κ3) is 3.30. The molecule has 3 aromatic heterocycles. The minimum atomic E-state index is 0.528. The van der Waals surface area contributed by atoms with Crippen LogP contribution in [0.2, 0.25) is 5.15 Å². The Kier molecular flexibility index (Phi) is 4.77. The highest BCUT2D eigenvalue weighted by Crippen LogP contribution is 2.38. The van der Waals surface area contributed by atoms with Crippen LogP contribution in [0.1, 0.15) is 34.5 Å². The summed E-state index contributed by atoms with van der Waals surface area (Å²) in [6.45, 7) is 1.92. The Balaban J connectivity index is 1.45. The fraction of sp³-hybridized carbons (Fsp3) is 0.238. The first-order valence-electron chi connectivity index (χ1n) is 9.57. The molecule has 1 aromatic carbocycles. The van der Waals surface area contributed by atoms with Crippen molar-refractivity contribution in [2.24, 2.45) is 5.10 Å². The molecule has 0 saturated heterocycles. The molecular weight excluding hydrogens is 404 g/mol. The van der Waals surface area contributed by atoms with Gasteiger partial charge in [0.25, 0.3) is 0 Å². The highest BCUT2D eigenvalue weighted by atomic mass is 35.5. The number of aromatic nitrogens is 4. The van der Waals surface area contributed by atoms with Crippen LogP contribution in [0.15, 0.2) is 41.8 Å². The van der Waals surface area contributed by atoms with E-state index in [0.29, 0.717) is 5.15 Å². The topological polar surface area (TPSA) is 68.0 Å². The molecule has 6 nitrogen and oxygen atoms in total. The molecule has 4 aromatic rings. The van der Waals surface area contributed by atoms with E-state index >= 15 is 0 Å². The van der Waals surface area contributed by atoms with Gasteiger partial charge in [-0.1, -0.05) is 29.8 Å². The molecule has 3 heterocycles. The first-order valence-corrected chi connectivity index (χ1v) is 10.8. The van der Waals surface area contributed by atoms with E-state index in [1.165, 1.54) is 23.3 Å². The van der Waals surface area contributed by atoms with Crippen LogP contribution >= 0.6 is 22.9 Å². The summed E-state index contributed by atoms with van der Waals surface area (Å²) in [6.07, 6.45) is 7.97. The molecular formula is C21H19ClN6S. The average Bonchev–Trinajstić information content (AvgIpc) is 3.27. The Morgan fingerprint density at radius 3 is 2.86 bits per heavy atom. The van der Waals surface area contributed by atoms with Crippen molar-refractivity contribution >= 4 is 45.2 Å². The van der Waals surface area contributed by atoms with E-state index in [0.717, 1.165) is 45.8 Å². The van der Waals surface area contributed by atoms with E-state index in [4.69, 9.17) is 11.6 Å². The molecule has 0 bridgehead atoms. The lowest BCUT2D eigenvalue weighted by atomic mass is 9.97. The summed E-state index contributed by atoms with van der Waals surface area (Å²) in [5, 5.41) is 10.6. The van der Waals surface area contributed by atoms with Gasteiger partial charge in [-0.25, -0.2) is 14.6 Å². The van der Waals surface area contributed by atoms with Gasteiger partial charge in [-0.2, -0.15) is 10.2 Å². The number of rotatable bonds is 4. The Morgan fingerprint density at radius 2 is 2.00 bits per heavy atom. The highest BCUT2D eigenvalue weighted by Gasteiger charge is 2.19. The van der Waals surface area contributed by atoms with Crippen LogP contribution in [0.4, 0.5) is 5.82 Å². The number of aryl methyl sites for hydroxylation is 3. The maximum Gasteiger partial charge on any atom is 0.158 e. The molecule has 1 N–H and O–H groups in total. The molecule has 5 rings (SSSR count). The predicted octanol–water partition coefficient (Wildman–Crippen LogP) is 5.16. The number of benzene rings is 1. The largest absolute Gasteiger partial charge is 0.261 e. The molecule has 1 aliphatic carbocycles. The van der Waals surface area contributed by atoms with Gasteiger partial charge in [0.15, 0.2) is 5.82 Å². The molecule has 0 aliphatic heterocycles. The normalized spacial score (nSPS) is 13.9. The van der Waals surface area contributed by atoms with Crippen molar-refractivity contribution in [2.75, 3.05) is 5.43 Å². The molecule has 0 radical (unpaired) electrons. The van der Waals surface area contributed by atoms with Crippen LogP contribution < -0.4 is 5.43 Å². The van der Waals surface area contributed by atoms with E-state index in [1.54, 1.807) is 28.6 Å². The van der Waals surface area contributed by atoms with E-state index in [9.17, 15) is 0 Å². The number of hydrazone groups is 1. The van der Waals surface area contributed by atoms with Crippen molar-refractivity contribution in [3.63, 3.8) is 0 Å². The molecule has 0 saturated carbocycles. The van der Waals surface area contributed by atoms with Gasteiger partial charge in [0.05, 0.1) is 28.5 Å². The maximum atomic E-state index is 6.58. The van der Waals surface area contributed by atoms with E-state index < -0.39 is 0 Å². The first kappa shape index (κ1) is 18.3. The smallest absolute Gasteiger partial charge is 0.158 e. The van der Waals surface area contributed by atoms with Gasteiger partial charge in [0.2, 0.25) is 0 Å². The number of fused-ring (bicyclic) bond motifs is 3. The van der Waals surface area contributed by atoms with Crippen molar-refractivity contribution < 1.29 is 0 Å². The minimum absolute atomic E-state index is 0.528. The van der Waals surface area contributed by atoms with Gasteiger partial charge < -0.3 is 0 Å². The van der Waals surface area contributed by atoms with E-state index in [-0.39, 0.29) is 0 Å². The zero-order valence-corrected chi connectivity index (χ0v) is 17.5. The van der Waals surface area contributed by atoms with Crippen molar-refractivity contribution in [2.45, 2.75) is 32.6 Å². The van der Waals surface area contributed by atoms with Crippen molar-refractivity contribution in [3.05, 3.63) is 63.5 Å². The molecule has 0 fully saturated rings. The maximum absolute atomic E-state index is 6.58. The third-order valence-corrected chi connectivity index (χ3v) is 6.73. The number of anilines is 1. The van der Waals surface area contributed by atoms with Crippen LogP contribution in [-0.2, 0) is 12.8 Å². The molecule has 146 valence electrons. The molecule has 8 heteroatoms. The van der Waals surface area contributed by atoms with Crippen molar-refractivity contribution in [1.82, 2.24) is 19.7 Å². The predicted molar refractivity (Wildman–Crippen MR) is 119 cm³/mol. The molecule has 0 amide bonds. The summed E-state index contributed by atoms with van der Waals surface area (Å²) in [4.78, 5) is 11.3. The van der Waals surface area contributed by atoms with Crippen LogP contribution in [-0.4, -0.2) is 26.0 Å². The van der Waals surface area contributed by atoms with Gasteiger partial charge in [-0.15, -0.1) is 11.3 Å².